The molecule has 0 aromatic carbocycles. The van der Waals surface area contributed by atoms with Crippen LogP contribution < -0.4 is 0 Å². The number of esters is 2. The van der Waals surface area contributed by atoms with Crippen LogP contribution in [0.4, 0.5) is 0 Å². The lowest BCUT2D eigenvalue weighted by molar-refractivity contribution is -0.161. The smallest absolute Gasteiger partial charge is 0.462 e. The molecule has 0 spiro atoms. The van der Waals surface area contributed by atoms with Gasteiger partial charge in [-0.25, -0.2) is 4.57 Å². The summed E-state index contributed by atoms with van der Waals surface area (Å²) in [5.74, 6) is -0.178. The van der Waals surface area contributed by atoms with E-state index in [0.717, 1.165) is 44.4 Å². The molecule has 1 saturated heterocycles. The van der Waals surface area contributed by atoms with Crippen LogP contribution in [0.3, 0.4) is 0 Å². The van der Waals surface area contributed by atoms with Crippen molar-refractivity contribution in [1.82, 2.24) is 0 Å². The average Bonchev–Trinajstić information content (AvgIpc) is 3.94. The van der Waals surface area contributed by atoms with Crippen molar-refractivity contribution in [3.63, 3.8) is 0 Å². The number of hydrogen-bond acceptors (Lipinski definition) is 10. The number of phosphoric acid groups is 1. The van der Waals surface area contributed by atoms with E-state index >= 15 is 0 Å². The molecule has 0 aromatic heterocycles. The van der Waals surface area contributed by atoms with Gasteiger partial charge in [0.15, 0.2) is 6.10 Å². The third kappa shape index (κ3) is 34.7. The van der Waals surface area contributed by atoms with Crippen molar-refractivity contribution in [2.75, 3.05) is 26.4 Å². The van der Waals surface area contributed by atoms with Gasteiger partial charge in [-0.1, -0.05) is 160 Å². The molecule has 0 bridgehead atoms. The number of allylic oxidation sites excluding steroid dienone is 5. The fourth-order valence-electron chi connectivity index (χ4n) is 6.32. The molecule has 0 aliphatic carbocycles. The standard InChI is InChI=1S/C45H81O11P/c1-4-5-25-31-42-43(56-42)32-27-22-18-14-11-12-16-20-24-29-34-45(49)55-41(38-54-57(50,51)53-36-40(47)35-46)37-52-44(48)33-28-23-19-15-10-8-6-7-9-13-17-21-26-30-39(2)3/h11,14,16,20,22,27,39-43,46-47H,4-10,12-13,15,17-19,21,23-26,28-38H2,1-3H3,(H,50,51)/b14-11-,20-16-,27-22-/t40-,41+,42?,43?/m0/s1. The van der Waals surface area contributed by atoms with Crippen molar-refractivity contribution in [2.24, 2.45) is 5.92 Å². The summed E-state index contributed by atoms with van der Waals surface area (Å²) in [5.41, 5.74) is 0. The van der Waals surface area contributed by atoms with Crippen molar-refractivity contribution in [1.29, 1.82) is 0 Å². The van der Waals surface area contributed by atoms with E-state index in [4.69, 9.17) is 23.8 Å². The SMILES string of the molecule is CCCCCC1OC1C/C=C\C/C=C\C/C=C\CCCC(=O)O[C@H](COC(=O)CCCCCCCCCCCCCCCC(C)C)COP(=O)(O)OC[C@@H](O)CO. The van der Waals surface area contributed by atoms with Crippen LogP contribution in [0.2, 0.25) is 0 Å². The predicted molar refractivity (Wildman–Crippen MR) is 228 cm³/mol. The third-order valence-electron chi connectivity index (χ3n) is 9.90. The first-order valence-corrected chi connectivity index (χ1v) is 23.9. The summed E-state index contributed by atoms with van der Waals surface area (Å²) in [6, 6.07) is 0. The minimum atomic E-state index is -4.64. The average molecular weight is 829 g/mol. The Bertz CT molecular complexity index is 1120. The topological polar surface area (TPSA) is 161 Å². The van der Waals surface area contributed by atoms with E-state index in [2.05, 4.69) is 49.6 Å². The number of hydrogen-bond donors (Lipinski definition) is 3. The van der Waals surface area contributed by atoms with E-state index in [1.807, 2.05) is 12.2 Å². The zero-order valence-electron chi connectivity index (χ0n) is 35.9. The molecular formula is C45H81O11P. The van der Waals surface area contributed by atoms with Crippen molar-refractivity contribution in [3.8, 4) is 0 Å². The highest BCUT2D eigenvalue weighted by molar-refractivity contribution is 7.47. The number of ether oxygens (including phenoxy) is 3. The van der Waals surface area contributed by atoms with Gasteiger partial charge >= 0.3 is 19.8 Å². The van der Waals surface area contributed by atoms with Gasteiger partial charge in [0.05, 0.1) is 32.0 Å². The Morgan fingerprint density at radius 2 is 1.25 bits per heavy atom. The van der Waals surface area contributed by atoms with E-state index in [-0.39, 0.29) is 19.4 Å². The van der Waals surface area contributed by atoms with E-state index in [1.54, 1.807) is 0 Å². The number of carbonyl (C=O) groups is 2. The minimum Gasteiger partial charge on any atom is -0.462 e. The summed E-state index contributed by atoms with van der Waals surface area (Å²) in [7, 11) is -4.64. The highest BCUT2D eigenvalue weighted by Crippen LogP contribution is 2.43. The molecule has 1 rings (SSSR count). The summed E-state index contributed by atoms with van der Waals surface area (Å²) >= 11 is 0. The lowest BCUT2D eigenvalue weighted by atomic mass is 10.0. The fraction of sp³-hybridized carbons (Fsp3) is 0.822. The summed E-state index contributed by atoms with van der Waals surface area (Å²) < 4.78 is 38.4. The van der Waals surface area contributed by atoms with Gasteiger partial charge < -0.3 is 29.3 Å². The number of phosphoric ester groups is 1. The van der Waals surface area contributed by atoms with Gasteiger partial charge in [0.2, 0.25) is 0 Å². The van der Waals surface area contributed by atoms with Crippen LogP contribution in [0.5, 0.6) is 0 Å². The summed E-state index contributed by atoms with van der Waals surface area (Å²) in [6.45, 7) is 4.62. The highest BCUT2D eigenvalue weighted by atomic mass is 31.2. The van der Waals surface area contributed by atoms with Crippen molar-refractivity contribution >= 4 is 19.8 Å². The first kappa shape index (κ1) is 53.2. The van der Waals surface area contributed by atoms with Crippen LogP contribution in [0.15, 0.2) is 36.5 Å². The lowest BCUT2D eigenvalue weighted by Crippen LogP contribution is -2.29. The molecule has 0 aromatic rings. The molecule has 3 unspecified atom stereocenters. The molecule has 0 saturated carbocycles. The molecule has 1 heterocycles. The molecule has 5 atom stereocenters. The monoisotopic (exact) mass is 829 g/mol. The predicted octanol–water partition coefficient (Wildman–Crippen LogP) is 10.8. The normalized spacial score (nSPS) is 17.8. The Balaban J connectivity index is 2.27. The third-order valence-corrected chi connectivity index (χ3v) is 10.9. The minimum absolute atomic E-state index is 0.105. The first-order valence-electron chi connectivity index (χ1n) is 22.4. The number of rotatable bonds is 40. The van der Waals surface area contributed by atoms with Crippen LogP contribution in [0, 0.1) is 5.92 Å². The van der Waals surface area contributed by atoms with Crippen LogP contribution in [0.25, 0.3) is 0 Å². The maximum absolute atomic E-state index is 12.6. The van der Waals surface area contributed by atoms with Crippen LogP contribution >= 0.6 is 7.82 Å². The Morgan fingerprint density at radius 3 is 1.86 bits per heavy atom. The van der Waals surface area contributed by atoms with Crippen LogP contribution in [-0.4, -0.2) is 77.9 Å². The second kappa shape index (κ2) is 36.0. The molecule has 12 heteroatoms. The maximum atomic E-state index is 12.6. The molecule has 1 aliphatic heterocycles. The van der Waals surface area contributed by atoms with E-state index in [0.29, 0.717) is 31.5 Å². The number of unbranched alkanes of at least 4 members (excludes halogenated alkanes) is 15. The van der Waals surface area contributed by atoms with E-state index in [1.165, 1.54) is 89.9 Å². The molecule has 1 fully saturated rings. The summed E-state index contributed by atoms with van der Waals surface area (Å²) in [5, 5.41) is 18.3. The quantitative estimate of drug-likeness (QED) is 0.0177. The Morgan fingerprint density at radius 1 is 0.684 bits per heavy atom. The highest BCUT2D eigenvalue weighted by Gasteiger charge is 2.36. The van der Waals surface area contributed by atoms with Crippen LogP contribution in [0.1, 0.15) is 181 Å². The Kier molecular flexibility index (Phi) is 33.6. The van der Waals surface area contributed by atoms with Gasteiger partial charge in [-0.2, -0.15) is 0 Å². The molecule has 1 aliphatic rings. The molecule has 3 N–H and O–H groups in total. The van der Waals surface area contributed by atoms with Crippen molar-refractivity contribution in [2.45, 2.75) is 206 Å². The zero-order chi connectivity index (χ0) is 41.8. The number of carbonyl (C=O) groups excluding carboxylic acids is 2. The molecule has 11 nitrogen and oxygen atoms in total. The molecule has 0 amide bonds. The molecule has 332 valence electrons. The zero-order valence-corrected chi connectivity index (χ0v) is 36.8. The van der Waals surface area contributed by atoms with Gasteiger partial charge in [0.1, 0.15) is 12.7 Å². The molecule has 0 radical (unpaired) electrons. The van der Waals surface area contributed by atoms with Gasteiger partial charge in [-0.05, 0) is 50.9 Å². The van der Waals surface area contributed by atoms with Gasteiger partial charge in [0, 0.05) is 12.8 Å². The summed E-state index contributed by atoms with van der Waals surface area (Å²) in [6.07, 6.45) is 37.2. The second-order valence-corrected chi connectivity index (χ2v) is 17.4. The van der Waals surface area contributed by atoms with Gasteiger partial charge in [-0.3, -0.25) is 18.6 Å². The number of epoxide rings is 1. The number of aliphatic hydroxyl groups excluding tert-OH is 2. The van der Waals surface area contributed by atoms with Crippen molar-refractivity contribution in [3.05, 3.63) is 36.5 Å². The van der Waals surface area contributed by atoms with Gasteiger partial charge in [-0.15, -0.1) is 0 Å². The lowest BCUT2D eigenvalue weighted by Gasteiger charge is -2.20. The van der Waals surface area contributed by atoms with E-state index in [9.17, 15) is 24.2 Å². The Labute approximate surface area is 346 Å². The van der Waals surface area contributed by atoms with Crippen LogP contribution in [-0.2, 0) is 37.4 Å². The molecule has 57 heavy (non-hydrogen) atoms. The number of aliphatic hydroxyl groups is 2. The van der Waals surface area contributed by atoms with E-state index < -0.39 is 51.8 Å². The Hall–Kier alpha value is -1.85. The fourth-order valence-corrected chi connectivity index (χ4v) is 7.11. The maximum Gasteiger partial charge on any atom is 0.472 e. The van der Waals surface area contributed by atoms with Gasteiger partial charge in [0.25, 0.3) is 0 Å². The summed E-state index contributed by atoms with van der Waals surface area (Å²) in [4.78, 5) is 35.0. The first-order chi connectivity index (χ1) is 27.6. The molecular weight excluding hydrogens is 747 g/mol. The van der Waals surface area contributed by atoms with Crippen molar-refractivity contribution < 1.29 is 52.5 Å². The largest absolute Gasteiger partial charge is 0.472 e. The second-order valence-electron chi connectivity index (χ2n) is 15.9.